The third-order valence-corrected chi connectivity index (χ3v) is 6.40. The van der Waals surface area contributed by atoms with Gasteiger partial charge in [0, 0.05) is 23.2 Å². The zero-order valence-electron chi connectivity index (χ0n) is 18.5. The Hall–Kier alpha value is -3.57. The zero-order chi connectivity index (χ0) is 24.7. The van der Waals surface area contributed by atoms with E-state index in [-0.39, 0.29) is 30.2 Å². The van der Waals surface area contributed by atoms with Crippen LogP contribution >= 0.6 is 15.9 Å². The summed E-state index contributed by atoms with van der Waals surface area (Å²) in [4.78, 5) is 23.5. The molecular formula is C24H19BrF2N6O2. The van der Waals surface area contributed by atoms with Gasteiger partial charge in [0.1, 0.15) is 22.1 Å². The van der Waals surface area contributed by atoms with Gasteiger partial charge in [0.15, 0.2) is 0 Å². The summed E-state index contributed by atoms with van der Waals surface area (Å²) in [6, 6.07) is 7.87. The number of halogens is 3. The van der Waals surface area contributed by atoms with E-state index in [0.717, 1.165) is 11.1 Å². The molecule has 0 saturated carbocycles. The SMILES string of the molecule is C[C@H](c1ncccc1F)N(Cc1ccc(Br)nn1)C(=O)c1cc2c3c(c(N)nc2cc1F)COC3. The Morgan fingerprint density at radius 1 is 1.17 bits per heavy atom. The van der Waals surface area contributed by atoms with Gasteiger partial charge >= 0.3 is 0 Å². The Balaban J connectivity index is 1.61. The number of carbonyl (C=O) groups is 1. The van der Waals surface area contributed by atoms with Crippen molar-refractivity contribution in [2.24, 2.45) is 0 Å². The average molecular weight is 541 g/mol. The van der Waals surface area contributed by atoms with Crippen LogP contribution in [0.25, 0.3) is 10.9 Å². The van der Waals surface area contributed by atoms with Gasteiger partial charge in [0.25, 0.3) is 5.91 Å². The number of nitrogens with zero attached hydrogens (tertiary/aromatic N) is 5. The highest BCUT2D eigenvalue weighted by molar-refractivity contribution is 9.10. The number of pyridine rings is 2. The number of hydrogen-bond donors (Lipinski definition) is 1. The molecule has 178 valence electrons. The van der Waals surface area contributed by atoms with Gasteiger partial charge in [-0.25, -0.2) is 13.8 Å². The monoisotopic (exact) mass is 540 g/mol. The van der Waals surface area contributed by atoms with Gasteiger partial charge < -0.3 is 15.4 Å². The second kappa shape index (κ2) is 9.23. The first kappa shape index (κ1) is 23.2. The first-order valence-corrected chi connectivity index (χ1v) is 11.5. The molecule has 35 heavy (non-hydrogen) atoms. The van der Waals surface area contributed by atoms with E-state index in [0.29, 0.717) is 27.8 Å². The van der Waals surface area contributed by atoms with Gasteiger partial charge in [0.2, 0.25) is 0 Å². The van der Waals surface area contributed by atoms with Gasteiger partial charge in [-0.15, -0.1) is 5.10 Å². The van der Waals surface area contributed by atoms with Crippen molar-refractivity contribution >= 4 is 38.6 Å². The molecule has 8 nitrogen and oxygen atoms in total. The molecule has 0 spiro atoms. The highest BCUT2D eigenvalue weighted by Gasteiger charge is 2.30. The number of aromatic nitrogens is 4. The van der Waals surface area contributed by atoms with E-state index in [1.807, 2.05) is 0 Å². The van der Waals surface area contributed by atoms with Crippen LogP contribution in [0.4, 0.5) is 14.6 Å². The number of nitrogens with two attached hydrogens (primary N) is 1. The Labute approximate surface area is 207 Å². The number of anilines is 1. The summed E-state index contributed by atoms with van der Waals surface area (Å²) in [5.74, 6) is -1.73. The lowest BCUT2D eigenvalue weighted by molar-refractivity contribution is 0.0659. The van der Waals surface area contributed by atoms with E-state index in [4.69, 9.17) is 10.5 Å². The van der Waals surface area contributed by atoms with Crippen LogP contribution in [0.1, 0.15) is 45.8 Å². The van der Waals surface area contributed by atoms with Crippen LogP contribution in [-0.4, -0.2) is 31.0 Å². The van der Waals surface area contributed by atoms with Gasteiger partial charge in [-0.3, -0.25) is 9.78 Å². The third-order valence-electron chi connectivity index (χ3n) is 5.98. The largest absolute Gasteiger partial charge is 0.383 e. The van der Waals surface area contributed by atoms with E-state index in [9.17, 15) is 9.18 Å². The summed E-state index contributed by atoms with van der Waals surface area (Å²) >= 11 is 3.23. The van der Waals surface area contributed by atoms with Gasteiger partial charge in [-0.05, 0) is 58.7 Å². The first-order chi connectivity index (χ1) is 16.8. The van der Waals surface area contributed by atoms with Crippen molar-refractivity contribution in [2.75, 3.05) is 5.73 Å². The molecule has 0 unspecified atom stereocenters. The van der Waals surface area contributed by atoms with Crippen LogP contribution in [0, 0.1) is 11.6 Å². The molecule has 0 radical (unpaired) electrons. The van der Waals surface area contributed by atoms with E-state index < -0.39 is 23.6 Å². The van der Waals surface area contributed by atoms with Crippen molar-refractivity contribution in [3.05, 3.63) is 86.9 Å². The third kappa shape index (κ3) is 4.32. The smallest absolute Gasteiger partial charge is 0.257 e. The fraction of sp³-hybridized carbons (Fsp3) is 0.208. The Bertz CT molecular complexity index is 1450. The van der Waals surface area contributed by atoms with E-state index in [1.165, 1.54) is 35.4 Å². The Kier molecular flexibility index (Phi) is 6.12. The van der Waals surface area contributed by atoms with Crippen molar-refractivity contribution in [1.29, 1.82) is 0 Å². The van der Waals surface area contributed by atoms with Crippen molar-refractivity contribution in [2.45, 2.75) is 32.7 Å². The molecule has 1 aliphatic rings. The normalized spacial score (nSPS) is 13.6. The number of nitrogen functional groups attached to an aromatic ring is 1. The summed E-state index contributed by atoms with van der Waals surface area (Å²) in [6.07, 6.45) is 1.44. The van der Waals surface area contributed by atoms with Crippen LogP contribution in [0.2, 0.25) is 0 Å². The van der Waals surface area contributed by atoms with Crippen LogP contribution in [0.3, 0.4) is 0 Å². The number of rotatable bonds is 5. The summed E-state index contributed by atoms with van der Waals surface area (Å²) < 4.78 is 35.9. The fourth-order valence-electron chi connectivity index (χ4n) is 4.15. The number of ether oxygens (including phenoxy) is 1. The molecule has 1 amide bonds. The number of benzene rings is 1. The lowest BCUT2D eigenvalue weighted by Gasteiger charge is -2.29. The number of amides is 1. The average Bonchev–Trinajstić information content (AvgIpc) is 3.34. The van der Waals surface area contributed by atoms with Crippen molar-refractivity contribution in [3.63, 3.8) is 0 Å². The molecule has 5 rings (SSSR count). The van der Waals surface area contributed by atoms with Crippen LogP contribution in [0.5, 0.6) is 0 Å². The minimum Gasteiger partial charge on any atom is -0.383 e. The predicted molar refractivity (Wildman–Crippen MR) is 127 cm³/mol. The molecule has 4 heterocycles. The van der Waals surface area contributed by atoms with Gasteiger partial charge in [0.05, 0.1) is 48.3 Å². The summed E-state index contributed by atoms with van der Waals surface area (Å²) in [5.41, 5.74) is 8.14. The van der Waals surface area contributed by atoms with E-state index in [2.05, 4.69) is 36.1 Å². The predicted octanol–water partition coefficient (Wildman–Crippen LogP) is 4.48. The lowest BCUT2D eigenvalue weighted by Crippen LogP contribution is -2.35. The standard InChI is InChI=1S/C24H19BrF2N6O2/c1-12(22-18(26)3-2-6-29-22)33(9-13-4-5-21(25)32-31-13)24(34)15-7-14-16-10-35-11-17(16)23(28)30-20(14)8-19(15)27/h2-8,12H,9-11H2,1H3,(H2,28,30)/t12-/m1/s1. The minimum atomic E-state index is -0.831. The highest BCUT2D eigenvalue weighted by atomic mass is 79.9. The topological polar surface area (TPSA) is 107 Å². The molecule has 0 fully saturated rings. The summed E-state index contributed by atoms with van der Waals surface area (Å²) in [7, 11) is 0. The number of carbonyl (C=O) groups excluding carboxylic acids is 1. The number of hydrogen-bond acceptors (Lipinski definition) is 7. The molecule has 4 aromatic rings. The molecule has 0 saturated heterocycles. The first-order valence-electron chi connectivity index (χ1n) is 10.7. The fourth-order valence-corrected chi connectivity index (χ4v) is 4.36. The van der Waals surface area contributed by atoms with Crippen molar-refractivity contribution in [3.8, 4) is 0 Å². The molecule has 0 bridgehead atoms. The van der Waals surface area contributed by atoms with Crippen LogP contribution in [-0.2, 0) is 24.5 Å². The second-order valence-corrected chi connectivity index (χ2v) is 8.94. The van der Waals surface area contributed by atoms with Crippen molar-refractivity contribution < 1.29 is 18.3 Å². The molecule has 1 atom stereocenters. The highest BCUT2D eigenvalue weighted by Crippen LogP contribution is 2.33. The maximum atomic E-state index is 15.3. The van der Waals surface area contributed by atoms with Crippen LogP contribution in [0.15, 0.2) is 47.2 Å². The van der Waals surface area contributed by atoms with Gasteiger partial charge in [-0.1, -0.05) is 0 Å². The summed E-state index contributed by atoms with van der Waals surface area (Å²) in [5, 5.41) is 8.61. The van der Waals surface area contributed by atoms with Crippen LogP contribution < -0.4 is 5.73 Å². The molecular weight excluding hydrogens is 522 g/mol. The van der Waals surface area contributed by atoms with Crippen molar-refractivity contribution in [1.82, 2.24) is 25.1 Å². The van der Waals surface area contributed by atoms with Gasteiger partial charge in [-0.2, -0.15) is 5.10 Å². The Morgan fingerprint density at radius 3 is 2.71 bits per heavy atom. The maximum absolute atomic E-state index is 15.3. The summed E-state index contributed by atoms with van der Waals surface area (Å²) in [6.45, 7) is 2.16. The molecule has 1 aliphatic heterocycles. The zero-order valence-corrected chi connectivity index (χ0v) is 20.1. The number of fused-ring (bicyclic) bond motifs is 3. The molecule has 11 heteroatoms. The van der Waals surface area contributed by atoms with E-state index in [1.54, 1.807) is 19.1 Å². The molecule has 3 aromatic heterocycles. The lowest BCUT2D eigenvalue weighted by atomic mass is 10.0. The maximum Gasteiger partial charge on any atom is 0.257 e. The minimum absolute atomic E-state index is 0.0466. The molecule has 0 aliphatic carbocycles. The molecule has 2 N–H and O–H groups in total. The van der Waals surface area contributed by atoms with E-state index >= 15 is 4.39 Å². The quantitative estimate of drug-likeness (QED) is 0.397. The second-order valence-electron chi connectivity index (χ2n) is 8.12. The Morgan fingerprint density at radius 2 is 1.97 bits per heavy atom. The molecule has 1 aromatic carbocycles.